The van der Waals surface area contributed by atoms with E-state index in [0.717, 1.165) is 5.82 Å². The number of fused-ring (bicyclic) bond motifs is 1. The molecule has 2 heterocycles. The van der Waals surface area contributed by atoms with Crippen molar-refractivity contribution in [3.05, 3.63) is 119 Å². The molecule has 5 aromatic rings. The number of para-hydroxylation sites is 2. The van der Waals surface area contributed by atoms with E-state index < -0.39 is 5.82 Å². The first kappa shape index (κ1) is 20.2. The SMILES string of the molecule is O=c1c2ccccc2nc(SCc2nccn2Cc2ccccc2)n1-c1ccccc1F. The van der Waals surface area contributed by atoms with Gasteiger partial charge in [0.1, 0.15) is 11.6 Å². The lowest BCUT2D eigenvalue weighted by Crippen LogP contribution is -2.22. The van der Waals surface area contributed by atoms with Gasteiger partial charge in [0.15, 0.2) is 5.16 Å². The zero-order valence-electron chi connectivity index (χ0n) is 17.1. The fraction of sp³-hybridized carbons (Fsp3) is 0.0800. The molecule has 0 saturated heterocycles. The molecule has 158 valence electrons. The van der Waals surface area contributed by atoms with E-state index in [1.165, 1.54) is 28.0 Å². The van der Waals surface area contributed by atoms with Crippen LogP contribution in [-0.4, -0.2) is 19.1 Å². The molecular weight excluding hydrogens is 423 g/mol. The molecular formula is C25H19FN4OS. The monoisotopic (exact) mass is 442 g/mol. The molecule has 0 aliphatic carbocycles. The molecule has 0 bridgehead atoms. The van der Waals surface area contributed by atoms with Crippen LogP contribution in [0.25, 0.3) is 16.6 Å². The van der Waals surface area contributed by atoms with Crippen molar-refractivity contribution in [1.82, 2.24) is 19.1 Å². The van der Waals surface area contributed by atoms with Gasteiger partial charge in [-0.25, -0.2) is 14.4 Å². The average molecular weight is 443 g/mol. The van der Waals surface area contributed by atoms with Crippen LogP contribution in [0.3, 0.4) is 0 Å². The topological polar surface area (TPSA) is 52.7 Å². The van der Waals surface area contributed by atoms with E-state index in [0.29, 0.717) is 28.4 Å². The van der Waals surface area contributed by atoms with E-state index in [1.54, 1.807) is 42.6 Å². The molecule has 5 rings (SSSR count). The molecule has 0 spiro atoms. The number of hydrogen-bond donors (Lipinski definition) is 0. The number of nitrogens with zero attached hydrogens (tertiary/aromatic N) is 4. The summed E-state index contributed by atoms with van der Waals surface area (Å²) in [7, 11) is 0. The second-order valence-corrected chi connectivity index (χ2v) is 8.19. The van der Waals surface area contributed by atoms with E-state index >= 15 is 0 Å². The fourth-order valence-corrected chi connectivity index (χ4v) is 4.56. The maximum Gasteiger partial charge on any atom is 0.266 e. The average Bonchev–Trinajstić information content (AvgIpc) is 3.26. The molecule has 32 heavy (non-hydrogen) atoms. The summed E-state index contributed by atoms with van der Waals surface area (Å²) in [4.78, 5) is 22.5. The molecule has 2 aromatic heterocycles. The molecule has 0 unspecified atom stereocenters. The molecule has 7 heteroatoms. The van der Waals surface area contributed by atoms with Crippen LogP contribution in [0.15, 0.2) is 101 Å². The lowest BCUT2D eigenvalue weighted by molar-refractivity contribution is 0.608. The highest BCUT2D eigenvalue weighted by Crippen LogP contribution is 2.25. The van der Waals surface area contributed by atoms with Crippen molar-refractivity contribution in [2.45, 2.75) is 17.5 Å². The first-order valence-corrected chi connectivity index (χ1v) is 11.1. The summed E-state index contributed by atoms with van der Waals surface area (Å²) in [6.07, 6.45) is 3.69. The minimum atomic E-state index is -0.473. The van der Waals surface area contributed by atoms with Crippen LogP contribution < -0.4 is 5.56 Å². The van der Waals surface area contributed by atoms with Crippen LogP contribution in [0.4, 0.5) is 4.39 Å². The Labute approximate surface area is 188 Å². The molecule has 0 fully saturated rings. The number of imidazole rings is 1. The number of aromatic nitrogens is 4. The molecule has 0 aliphatic heterocycles. The van der Waals surface area contributed by atoms with Crippen LogP contribution in [0.5, 0.6) is 0 Å². The van der Waals surface area contributed by atoms with E-state index in [1.807, 2.05) is 30.5 Å². The number of thioether (sulfide) groups is 1. The summed E-state index contributed by atoms with van der Waals surface area (Å²) in [6.45, 7) is 0.696. The van der Waals surface area contributed by atoms with Crippen molar-refractivity contribution in [3.63, 3.8) is 0 Å². The smallest absolute Gasteiger partial charge is 0.266 e. The van der Waals surface area contributed by atoms with Crippen molar-refractivity contribution in [2.24, 2.45) is 0 Å². The Kier molecular flexibility index (Phi) is 5.56. The summed E-state index contributed by atoms with van der Waals surface area (Å²) in [5.74, 6) is 0.861. The predicted molar refractivity (Wildman–Crippen MR) is 125 cm³/mol. The summed E-state index contributed by atoms with van der Waals surface area (Å²) in [6, 6.07) is 23.5. The number of hydrogen-bond acceptors (Lipinski definition) is 4. The van der Waals surface area contributed by atoms with Crippen LogP contribution >= 0.6 is 11.8 Å². The zero-order chi connectivity index (χ0) is 21.9. The Morgan fingerprint density at radius 2 is 1.66 bits per heavy atom. The first-order valence-electron chi connectivity index (χ1n) is 10.1. The largest absolute Gasteiger partial charge is 0.330 e. The Balaban J connectivity index is 1.53. The molecule has 0 atom stereocenters. The van der Waals surface area contributed by atoms with Crippen LogP contribution in [0.2, 0.25) is 0 Å². The highest BCUT2D eigenvalue weighted by Gasteiger charge is 2.17. The van der Waals surface area contributed by atoms with Crippen LogP contribution in [-0.2, 0) is 12.3 Å². The minimum Gasteiger partial charge on any atom is -0.330 e. The van der Waals surface area contributed by atoms with E-state index in [2.05, 4.69) is 26.7 Å². The van der Waals surface area contributed by atoms with Gasteiger partial charge in [-0.1, -0.05) is 66.4 Å². The third-order valence-electron chi connectivity index (χ3n) is 5.17. The summed E-state index contributed by atoms with van der Waals surface area (Å²) in [5, 5.41) is 0.874. The van der Waals surface area contributed by atoms with Crippen molar-refractivity contribution >= 4 is 22.7 Å². The van der Waals surface area contributed by atoms with Gasteiger partial charge in [0.05, 0.1) is 22.3 Å². The third kappa shape index (κ3) is 3.94. The Morgan fingerprint density at radius 3 is 2.50 bits per heavy atom. The molecule has 0 radical (unpaired) electrons. The summed E-state index contributed by atoms with van der Waals surface area (Å²) in [5.41, 5.74) is 1.64. The number of rotatable bonds is 6. The normalized spacial score (nSPS) is 11.2. The van der Waals surface area contributed by atoms with Gasteiger partial charge in [0, 0.05) is 18.9 Å². The lowest BCUT2D eigenvalue weighted by Gasteiger charge is -2.14. The van der Waals surface area contributed by atoms with E-state index in [4.69, 9.17) is 0 Å². The second-order valence-electron chi connectivity index (χ2n) is 7.25. The minimum absolute atomic E-state index is 0.186. The van der Waals surface area contributed by atoms with Gasteiger partial charge in [-0.05, 0) is 29.8 Å². The quantitative estimate of drug-likeness (QED) is 0.272. The predicted octanol–water partition coefficient (Wildman–Crippen LogP) is 5.06. The molecule has 0 amide bonds. The van der Waals surface area contributed by atoms with Crippen molar-refractivity contribution < 1.29 is 4.39 Å². The van der Waals surface area contributed by atoms with Gasteiger partial charge >= 0.3 is 0 Å². The van der Waals surface area contributed by atoms with Gasteiger partial charge in [0.25, 0.3) is 5.56 Å². The van der Waals surface area contributed by atoms with E-state index in [-0.39, 0.29) is 11.2 Å². The molecule has 0 N–H and O–H groups in total. The summed E-state index contributed by atoms with van der Waals surface area (Å²) < 4.78 is 18.1. The van der Waals surface area contributed by atoms with Crippen LogP contribution in [0, 0.1) is 5.82 Å². The molecule has 0 saturated carbocycles. The van der Waals surface area contributed by atoms with Crippen molar-refractivity contribution in [3.8, 4) is 5.69 Å². The highest BCUT2D eigenvalue weighted by atomic mass is 32.2. The fourth-order valence-electron chi connectivity index (χ4n) is 3.59. The molecule has 5 nitrogen and oxygen atoms in total. The summed E-state index contributed by atoms with van der Waals surface area (Å²) >= 11 is 1.36. The Bertz CT molecular complexity index is 1450. The molecule has 3 aromatic carbocycles. The Hall–Kier alpha value is -3.71. The van der Waals surface area contributed by atoms with Crippen molar-refractivity contribution in [2.75, 3.05) is 0 Å². The Morgan fingerprint density at radius 1 is 0.906 bits per heavy atom. The maximum absolute atomic E-state index is 14.6. The molecule has 0 aliphatic rings. The first-order chi connectivity index (χ1) is 15.7. The highest BCUT2D eigenvalue weighted by molar-refractivity contribution is 7.98. The third-order valence-corrected chi connectivity index (χ3v) is 6.10. The van der Waals surface area contributed by atoms with Crippen molar-refractivity contribution in [1.29, 1.82) is 0 Å². The standard InChI is InChI=1S/C25H19FN4OS/c26-20-11-5-7-13-22(20)30-24(31)19-10-4-6-12-21(19)28-25(30)32-17-23-27-14-15-29(23)16-18-8-2-1-3-9-18/h1-15H,16-17H2. The van der Waals surface area contributed by atoms with Gasteiger partial charge in [-0.15, -0.1) is 0 Å². The van der Waals surface area contributed by atoms with Gasteiger partial charge < -0.3 is 4.57 Å². The zero-order valence-corrected chi connectivity index (χ0v) is 17.9. The maximum atomic E-state index is 14.6. The number of benzene rings is 3. The van der Waals surface area contributed by atoms with Gasteiger partial charge in [-0.3, -0.25) is 9.36 Å². The second kappa shape index (κ2) is 8.80. The van der Waals surface area contributed by atoms with Gasteiger partial charge in [0.2, 0.25) is 0 Å². The van der Waals surface area contributed by atoms with E-state index in [9.17, 15) is 9.18 Å². The van der Waals surface area contributed by atoms with Crippen LogP contribution in [0.1, 0.15) is 11.4 Å². The van der Waals surface area contributed by atoms with Gasteiger partial charge in [-0.2, -0.15) is 0 Å². The number of halogens is 1. The lowest BCUT2D eigenvalue weighted by atomic mass is 10.2.